The molecule has 1 unspecified atom stereocenters. The van der Waals surface area contributed by atoms with E-state index >= 15 is 0 Å². The minimum absolute atomic E-state index is 0.102. The van der Waals surface area contributed by atoms with E-state index in [0.29, 0.717) is 7.35 Å². The zero-order valence-electron chi connectivity index (χ0n) is 29.9. The van der Waals surface area contributed by atoms with Crippen LogP contribution in [0.25, 0.3) is 39.0 Å². The van der Waals surface area contributed by atoms with Gasteiger partial charge >= 0.3 is 298 Å². The summed E-state index contributed by atoms with van der Waals surface area (Å²) in [6.45, 7) is 19.0. The second-order valence-corrected chi connectivity index (χ2v) is 27.2. The molecule has 5 aromatic carbocycles. The van der Waals surface area contributed by atoms with Gasteiger partial charge in [-0.1, -0.05) is 0 Å². The summed E-state index contributed by atoms with van der Waals surface area (Å²) in [5.74, 6) is 0. The number of allylic oxidation sites excluding steroid dienone is 4. The van der Waals surface area contributed by atoms with Crippen LogP contribution in [0.3, 0.4) is 0 Å². The Bertz CT molecular complexity index is 1970. The topological polar surface area (TPSA) is 0 Å². The molecule has 0 nitrogen and oxygen atoms in total. The molecule has 0 N–H and O–H groups in total. The first kappa shape index (κ1) is 32.8. The van der Waals surface area contributed by atoms with Crippen molar-refractivity contribution in [2.24, 2.45) is 0 Å². The molecule has 5 aromatic rings. The van der Waals surface area contributed by atoms with E-state index in [1.165, 1.54) is 55.6 Å². The van der Waals surface area contributed by atoms with Crippen LogP contribution in [0.5, 0.6) is 0 Å². The van der Waals surface area contributed by atoms with Crippen LogP contribution >= 0.6 is 0 Å². The summed E-state index contributed by atoms with van der Waals surface area (Å²) in [5.41, 5.74) is 17.1. The molecule has 0 radical (unpaired) electrons. The molecular formula is C47H48Hf. The first-order chi connectivity index (χ1) is 22.9. The van der Waals surface area contributed by atoms with Gasteiger partial charge in [0.15, 0.2) is 0 Å². The van der Waals surface area contributed by atoms with E-state index in [-0.39, 0.29) is 10.8 Å². The van der Waals surface area contributed by atoms with Crippen LogP contribution in [0.15, 0.2) is 133 Å². The van der Waals surface area contributed by atoms with Crippen LogP contribution in [0.2, 0.25) is 3.67 Å². The minimum atomic E-state index is -2.74. The van der Waals surface area contributed by atoms with Crippen LogP contribution in [0, 0.1) is 0 Å². The third-order valence-corrected chi connectivity index (χ3v) is 23.2. The molecule has 1 atom stereocenters. The molecule has 0 amide bonds. The number of benzene rings is 5. The van der Waals surface area contributed by atoms with Gasteiger partial charge in [-0.3, -0.25) is 0 Å². The normalized spacial score (nSPS) is 15.7. The van der Waals surface area contributed by atoms with Gasteiger partial charge in [-0.25, -0.2) is 0 Å². The second-order valence-electron chi connectivity index (χ2n) is 16.0. The number of hydrogen-bond donors (Lipinski definition) is 0. The molecule has 0 aromatic heterocycles. The molecule has 1 heteroatoms. The fourth-order valence-corrected chi connectivity index (χ4v) is 20.7. The van der Waals surface area contributed by atoms with E-state index in [1.54, 1.807) is 14.4 Å². The van der Waals surface area contributed by atoms with Gasteiger partial charge in [-0.15, -0.1) is 0 Å². The summed E-state index contributed by atoms with van der Waals surface area (Å²) in [6, 6.07) is 43.9. The van der Waals surface area contributed by atoms with Crippen molar-refractivity contribution in [2.45, 2.75) is 73.6 Å². The van der Waals surface area contributed by atoms with Crippen LogP contribution in [-0.2, 0) is 31.8 Å². The van der Waals surface area contributed by atoms with Crippen molar-refractivity contribution in [3.8, 4) is 33.4 Å². The first-order valence-corrected chi connectivity index (χ1v) is 23.5. The Labute approximate surface area is 296 Å². The quantitative estimate of drug-likeness (QED) is 0.156. The van der Waals surface area contributed by atoms with Gasteiger partial charge in [0.05, 0.1) is 0 Å². The van der Waals surface area contributed by atoms with E-state index in [1.807, 2.05) is 0 Å². The summed E-state index contributed by atoms with van der Waals surface area (Å²) in [4.78, 5) is 0. The second kappa shape index (κ2) is 12.6. The molecule has 0 heterocycles. The Balaban J connectivity index is 1.41. The van der Waals surface area contributed by atoms with Crippen molar-refractivity contribution >= 4 is 8.83 Å². The third-order valence-electron chi connectivity index (χ3n) is 10.4. The Morgan fingerprint density at radius 3 is 1.42 bits per heavy atom. The van der Waals surface area contributed by atoms with Gasteiger partial charge in [-0.05, 0) is 0 Å². The monoisotopic (exact) mass is 792 g/mol. The molecule has 240 valence electrons. The zero-order valence-corrected chi connectivity index (χ0v) is 33.4. The maximum absolute atomic E-state index is 2.74. The van der Waals surface area contributed by atoms with Crippen molar-refractivity contribution < 1.29 is 21.0 Å². The van der Waals surface area contributed by atoms with Gasteiger partial charge in [-0.2, -0.15) is 0 Å². The van der Waals surface area contributed by atoms with E-state index in [2.05, 4.69) is 189 Å². The van der Waals surface area contributed by atoms with E-state index < -0.39 is 21.0 Å². The number of hydrogen-bond acceptors (Lipinski definition) is 0. The van der Waals surface area contributed by atoms with Crippen molar-refractivity contribution in [1.29, 1.82) is 0 Å². The van der Waals surface area contributed by atoms with E-state index in [0.717, 1.165) is 0 Å². The Morgan fingerprint density at radius 1 is 0.521 bits per heavy atom. The molecule has 2 aliphatic rings. The summed E-state index contributed by atoms with van der Waals surface area (Å²) in [7, 11) is 0. The summed E-state index contributed by atoms with van der Waals surface area (Å²) in [5, 5.41) is 0. The molecule has 0 saturated heterocycles. The molecule has 48 heavy (non-hydrogen) atoms. The van der Waals surface area contributed by atoms with Gasteiger partial charge in [0.25, 0.3) is 0 Å². The standard InChI is InChI=1S/C23H17.C21H25.C3H6.Hf/c1-3-9-18(10-4-1)21-15-22(19-11-5-2-6-12-19)17-23(16-21)20-13-7-8-14-20;1-20(2,3)16-7-9-18-14(12-16)11-15-13-17(21(4,5)6)8-10-19(15)18;1-3-2;/h1-17H;7-13H,1-6H3;1-2H3;. The predicted octanol–water partition coefficient (Wildman–Crippen LogP) is 13.0. The summed E-state index contributed by atoms with van der Waals surface area (Å²) < 4.78 is 2.64. The molecule has 0 bridgehead atoms. The molecule has 2 aliphatic carbocycles. The molecule has 0 saturated carbocycles. The van der Waals surface area contributed by atoms with Gasteiger partial charge in [0.1, 0.15) is 0 Å². The van der Waals surface area contributed by atoms with Crippen molar-refractivity contribution in [1.82, 2.24) is 0 Å². The van der Waals surface area contributed by atoms with Crippen LogP contribution in [-0.4, -0.2) is 3.26 Å². The fraction of sp³-hybridized carbons (Fsp3) is 0.255. The van der Waals surface area contributed by atoms with Gasteiger partial charge < -0.3 is 0 Å². The maximum atomic E-state index is 2.59. The zero-order chi connectivity index (χ0) is 33.8. The summed E-state index contributed by atoms with van der Waals surface area (Å²) >= 11 is -2.74. The predicted molar refractivity (Wildman–Crippen MR) is 206 cm³/mol. The van der Waals surface area contributed by atoms with Gasteiger partial charge in [0.2, 0.25) is 0 Å². The SMILES string of the molecule is C[C](C)=[Hf]([CH]1C=CC=C1c1cc(-c2ccccc2)cc(-c2ccccc2)c1)[CH]1c2cc(C(C)(C)C)ccc2-c2ccc(C(C)(C)C)cc21. The average molecular weight is 791 g/mol. The molecular weight excluding hydrogens is 743 g/mol. The first-order valence-electron chi connectivity index (χ1n) is 17.5. The van der Waals surface area contributed by atoms with E-state index in [9.17, 15) is 0 Å². The third kappa shape index (κ3) is 6.16. The van der Waals surface area contributed by atoms with E-state index in [4.69, 9.17) is 0 Å². The van der Waals surface area contributed by atoms with Crippen molar-refractivity contribution in [3.05, 3.63) is 161 Å². The van der Waals surface area contributed by atoms with Gasteiger partial charge in [0, 0.05) is 0 Å². The van der Waals surface area contributed by atoms with Crippen LogP contribution in [0.4, 0.5) is 0 Å². The Kier molecular flexibility index (Phi) is 8.66. The molecule has 0 spiro atoms. The molecule has 7 rings (SSSR count). The van der Waals surface area contributed by atoms with Crippen LogP contribution in [0.1, 0.15) is 86.9 Å². The number of fused-ring (bicyclic) bond motifs is 3. The molecule has 0 aliphatic heterocycles. The van der Waals surface area contributed by atoms with Crippen molar-refractivity contribution in [2.75, 3.05) is 0 Å². The Hall–Kier alpha value is -3.68. The number of rotatable bonds is 5. The summed E-state index contributed by atoms with van der Waals surface area (Å²) in [6.07, 6.45) is 7.37. The fourth-order valence-electron chi connectivity index (χ4n) is 7.72. The van der Waals surface area contributed by atoms with Crippen molar-refractivity contribution in [3.63, 3.8) is 0 Å². The van der Waals surface area contributed by atoms with Crippen LogP contribution < -0.4 is 0 Å². The average Bonchev–Trinajstić information content (AvgIpc) is 3.68. The molecule has 0 fully saturated rings. The Morgan fingerprint density at radius 2 is 0.979 bits per heavy atom.